The first kappa shape index (κ1) is 19.1. The SMILES string of the molecule is C#C[C@H]1[C@H]([C@@H](OC(=O)CCC/C=C/CC#CC)[C@@H]2C[C@@H]2CC)C[C@@H]2O[C@H]12. The average molecular weight is 354 g/mol. The first-order chi connectivity index (χ1) is 12.7. The van der Waals surface area contributed by atoms with Crippen molar-refractivity contribution in [2.24, 2.45) is 23.7 Å². The summed E-state index contributed by atoms with van der Waals surface area (Å²) >= 11 is 0. The molecule has 1 aliphatic heterocycles. The standard InChI is InChI=1S/C23H30O3/c1-4-7-8-9-10-11-12-13-21(24)26-22(18-14-16(18)5-2)19-15-20-23(25-20)17(19)6-3/h3,9-10,16-20,22-23H,5,8,11-15H2,1-2H3/b10-9+/t16-,17-,18+,19+,20-,22-,23+/m0/s1. The summed E-state index contributed by atoms with van der Waals surface area (Å²) in [6, 6.07) is 0. The lowest BCUT2D eigenvalue weighted by atomic mass is 9.87. The number of unbranched alkanes of at least 4 members (excludes halogenated alkanes) is 1. The fourth-order valence-corrected chi connectivity index (χ4v) is 4.45. The van der Waals surface area contributed by atoms with Gasteiger partial charge in [-0.1, -0.05) is 31.4 Å². The minimum Gasteiger partial charge on any atom is -0.462 e. The van der Waals surface area contributed by atoms with Crippen LogP contribution in [0.15, 0.2) is 12.2 Å². The number of terminal acetylenes is 1. The molecule has 1 heterocycles. The summed E-state index contributed by atoms with van der Waals surface area (Å²) in [6.45, 7) is 4.06. The maximum absolute atomic E-state index is 12.4. The lowest BCUT2D eigenvalue weighted by molar-refractivity contribution is -0.154. The van der Waals surface area contributed by atoms with Gasteiger partial charge in [-0.25, -0.2) is 0 Å². The van der Waals surface area contributed by atoms with Crippen LogP contribution >= 0.6 is 0 Å². The second-order valence-corrected chi connectivity index (χ2v) is 7.75. The maximum atomic E-state index is 12.4. The zero-order valence-electron chi connectivity index (χ0n) is 15.9. The summed E-state index contributed by atoms with van der Waals surface area (Å²) in [5.74, 6) is 10.3. The topological polar surface area (TPSA) is 38.8 Å². The van der Waals surface area contributed by atoms with E-state index in [-0.39, 0.29) is 30.0 Å². The predicted molar refractivity (Wildman–Crippen MR) is 102 cm³/mol. The van der Waals surface area contributed by atoms with Gasteiger partial charge in [0, 0.05) is 18.8 Å². The highest BCUT2D eigenvalue weighted by atomic mass is 16.6. The van der Waals surface area contributed by atoms with Gasteiger partial charge in [-0.2, -0.15) is 0 Å². The van der Waals surface area contributed by atoms with Crippen LogP contribution in [0.3, 0.4) is 0 Å². The van der Waals surface area contributed by atoms with Gasteiger partial charge in [-0.15, -0.1) is 18.3 Å². The van der Waals surface area contributed by atoms with Crippen molar-refractivity contribution in [1.29, 1.82) is 0 Å². The van der Waals surface area contributed by atoms with Crippen molar-refractivity contribution < 1.29 is 14.3 Å². The van der Waals surface area contributed by atoms with E-state index in [4.69, 9.17) is 15.9 Å². The minimum absolute atomic E-state index is 0.0136. The Bertz CT molecular complexity index is 632. The van der Waals surface area contributed by atoms with E-state index in [0.29, 0.717) is 24.4 Å². The van der Waals surface area contributed by atoms with E-state index < -0.39 is 0 Å². The first-order valence-corrected chi connectivity index (χ1v) is 10.0. The molecule has 3 fully saturated rings. The molecule has 2 aliphatic carbocycles. The van der Waals surface area contributed by atoms with Crippen LogP contribution in [0.2, 0.25) is 0 Å². The van der Waals surface area contributed by atoms with E-state index in [1.807, 2.05) is 6.92 Å². The quantitative estimate of drug-likeness (QED) is 0.206. The van der Waals surface area contributed by atoms with Crippen molar-refractivity contribution in [2.75, 3.05) is 0 Å². The van der Waals surface area contributed by atoms with Gasteiger partial charge in [-0.05, 0) is 44.4 Å². The van der Waals surface area contributed by atoms with Crippen molar-refractivity contribution in [3.05, 3.63) is 12.2 Å². The third kappa shape index (κ3) is 4.52. The van der Waals surface area contributed by atoms with Crippen molar-refractivity contribution in [1.82, 2.24) is 0 Å². The summed E-state index contributed by atoms with van der Waals surface area (Å²) in [7, 11) is 0. The molecule has 0 aromatic rings. The number of rotatable bonds is 9. The molecule has 3 aliphatic rings. The van der Waals surface area contributed by atoms with Gasteiger partial charge in [0.2, 0.25) is 0 Å². The molecule has 0 unspecified atom stereocenters. The van der Waals surface area contributed by atoms with Crippen LogP contribution in [0.4, 0.5) is 0 Å². The Hall–Kier alpha value is -1.71. The molecule has 3 heteroatoms. The number of allylic oxidation sites excluding steroid dienone is 2. The lowest BCUT2D eigenvalue weighted by Crippen LogP contribution is -2.34. The van der Waals surface area contributed by atoms with E-state index in [1.165, 1.54) is 6.42 Å². The largest absolute Gasteiger partial charge is 0.462 e. The predicted octanol–water partition coefficient (Wildman–Crippen LogP) is 4.12. The van der Waals surface area contributed by atoms with Crippen LogP contribution in [0, 0.1) is 47.9 Å². The number of fused-ring (bicyclic) bond motifs is 1. The van der Waals surface area contributed by atoms with Gasteiger partial charge in [0.25, 0.3) is 0 Å². The van der Waals surface area contributed by atoms with Crippen LogP contribution in [-0.2, 0) is 14.3 Å². The minimum atomic E-state index is -0.0734. The number of esters is 1. The molecule has 0 amide bonds. The molecule has 7 atom stereocenters. The number of epoxide rings is 1. The Labute approximate surface area is 157 Å². The Morgan fingerprint density at radius 3 is 2.88 bits per heavy atom. The molecule has 0 bridgehead atoms. The van der Waals surface area contributed by atoms with Crippen molar-refractivity contribution in [2.45, 2.75) is 77.1 Å². The summed E-state index contributed by atoms with van der Waals surface area (Å²) in [4.78, 5) is 12.4. The van der Waals surface area contributed by atoms with Gasteiger partial charge >= 0.3 is 5.97 Å². The molecule has 0 N–H and O–H groups in total. The van der Waals surface area contributed by atoms with Crippen LogP contribution in [0.5, 0.6) is 0 Å². The van der Waals surface area contributed by atoms with E-state index in [1.54, 1.807) is 0 Å². The fourth-order valence-electron chi connectivity index (χ4n) is 4.45. The molecule has 3 rings (SSSR count). The summed E-state index contributed by atoms with van der Waals surface area (Å²) < 4.78 is 11.6. The molecule has 3 nitrogen and oxygen atoms in total. The monoisotopic (exact) mass is 354 g/mol. The number of hydrogen-bond acceptors (Lipinski definition) is 3. The molecule has 1 saturated heterocycles. The smallest absolute Gasteiger partial charge is 0.306 e. The normalized spacial score (nSPS) is 35.1. The van der Waals surface area contributed by atoms with E-state index in [2.05, 4.69) is 36.8 Å². The molecule has 26 heavy (non-hydrogen) atoms. The average Bonchev–Trinajstić information content (AvgIpc) is 3.55. The Morgan fingerprint density at radius 2 is 2.19 bits per heavy atom. The third-order valence-corrected chi connectivity index (χ3v) is 6.06. The highest BCUT2D eigenvalue weighted by Crippen LogP contribution is 2.55. The van der Waals surface area contributed by atoms with Crippen molar-refractivity contribution >= 4 is 5.97 Å². The number of ether oxygens (including phenoxy) is 2. The number of carbonyl (C=O) groups is 1. The van der Waals surface area contributed by atoms with Crippen LogP contribution in [0.25, 0.3) is 0 Å². The third-order valence-electron chi connectivity index (χ3n) is 6.06. The number of hydrogen-bond donors (Lipinski definition) is 0. The molecule has 140 valence electrons. The van der Waals surface area contributed by atoms with E-state index in [0.717, 1.165) is 32.1 Å². The highest BCUT2D eigenvalue weighted by Gasteiger charge is 2.60. The van der Waals surface area contributed by atoms with Crippen molar-refractivity contribution in [3.8, 4) is 24.2 Å². The van der Waals surface area contributed by atoms with Gasteiger partial charge < -0.3 is 9.47 Å². The van der Waals surface area contributed by atoms with Gasteiger partial charge in [0.15, 0.2) is 0 Å². The number of carbonyl (C=O) groups excluding carboxylic acids is 1. The molecular weight excluding hydrogens is 324 g/mol. The summed E-state index contributed by atoms with van der Waals surface area (Å²) in [5.41, 5.74) is 0. The molecular formula is C23H30O3. The zero-order valence-corrected chi connectivity index (χ0v) is 15.9. The molecule has 0 radical (unpaired) electrons. The molecule has 0 aromatic heterocycles. The van der Waals surface area contributed by atoms with E-state index in [9.17, 15) is 4.79 Å². The second-order valence-electron chi connectivity index (χ2n) is 7.75. The highest BCUT2D eigenvalue weighted by molar-refractivity contribution is 5.69. The molecule has 0 aromatic carbocycles. The van der Waals surface area contributed by atoms with E-state index >= 15 is 0 Å². The van der Waals surface area contributed by atoms with Crippen LogP contribution in [-0.4, -0.2) is 24.3 Å². The summed E-state index contributed by atoms with van der Waals surface area (Å²) in [5, 5.41) is 0. The van der Waals surface area contributed by atoms with Crippen LogP contribution < -0.4 is 0 Å². The zero-order chi connectivity index (χ0) is 18.5. The van der Waals surface area contributed by atoms with Crippen molar-refractivity contribution in [3.63, 3.8) is 0 Å². The Kier molecular flexibility index (Phi) is 6.44. The Balaban J connectivity index is 1.48. The Morgan fingerprint density at radius 1 is 1.35 bits per heavy atom. The summed E-state index contributed by atoms with van der Waals surface area (Å²) in [6.07, 6.45) is 16.6. The van der Waals surface area contributed by atoms with Gasteiger partial charge in [0.05, 0.1) is 18.1 Å². The van der Waals surface area contributed by atoms with Crippen LogP contribution in [0.1, 0.15) is 58.8 Å². The first-order valence-electron chi connectivity index (χ1n) is 10.0. The molecule has 0 spiro atoms. The fraction of sp³-hybridized carbons (Fsp3) is 0.696. The maximum Gasteiger partial charge on any atom is 0.306 e. The lowest BCUT2D eigenvalue weighted by Gasteiger charge is -2.28. The van der Waals surface area contributed by atoms with Gasteiger partial charge in [0.1, 0.15) is 6.10 Å². The molecule has 2 saturated carbocycles. The second kappa shape index (κ2) is 8.79. The van der Waals surface area contributed by atoms with Gasteiger partial charge in [-0.3, -0.25) is 4.79 Å².